The Bertz CT molecular complexity index is 863. The van der Waals surface area contributed by atoms with Crippen molar-refractivity contribution in [2.75, 3.05) is 19.8 Å². The molecular formula is C27H46O14. The van der Waals surface area contributed by atoms with Crippen molar-refractivity contribution in [2.45, 2.75) is 116 Å². The van der Waals surface area contributed by atoms with Gasteiger partial charge < -0.3 is 54.0 Å². The molecule has 0 saturated carbocycles. The molecule has 0 spiro atoms. The standard InChI is InChI=1S/C27H46O14/c1-13(2)7-18(31)37-23-17(11-29)40-27(12-30,25(23)39-20(33)9-15(5)6)41-26-24(38-19(32)8-14(3)4)22(35)21(34)16(10-28)36-26/h13-17,21-26,28-30,34-35H,7-12H2,1-6H3/t16-,17-,21-,22+,23-,24-,25+,26-,27+/m1/s1. The van der Waals surface area contributed by atoms with E-state index in [0.29, 0.717) is 0 Å². The summed E-state index contributed by atoms with van der Waals surface area (Å²) >= 11 is 0. The topological polar surface area (TPSA) is 208 Å². The quantitative estimate of drug-likeness (QED) is 0.126. The highest BCUT2D eigenvalue weighted by Crippen LogP contribution is 2.40. The summed E-state index contributed by atoms with van der Waals surface area (Å²) in [5.41, 5.74) is 0. The molecule has 2 heterocycles. The van der Waals surface area contributed by atoms with Gasteiger partial charge in [-0.3, -0.25) is 14.4 Å². The van der Waals surface area contributed by atoms with Crippen molar-refractivity contribution in [3.63, 3.8) is 0 Å². The summed E-state index contributed by atoms with van der Waals surface area (Å²) in [4.78, 5) is 37.9. The molecule has 0 aromatic carbocycles. The molecule has 0 bridgehead atoms. The maximum absolute atomic E-state index is 12.8. The highest BCUT2D eigenvalue weighted by molar-refractivity contribution is 5.71. The lowest BCUT2D eigenvalue weighted by atomic mass is 9.98. The molecule has 14 heteroatoms. The zero-order valence-corrected chi connectivity index (χ0v) is 24.5. The van der Waals surface area contributed by atoms with Crippen LogP contribution in [-0.2, 0) is 42.8 Å². The summed E-state index contributed by atoms with van der Waals surface area (Å²) in [7, 11) is 0. The van der Waals surface area contributed by atoms with Gasteiger partial charge >= 0.3 is 17.9 Å². The molecule has 2 aliphatic heterocycles. The van der Waals surface area contributed by atoms with E-state index < -0.39 is 92.5 Å². The first kappa shape index (κ1) is 35.3. The van der Waals surface area contributed by atoms with Gasteiger partial charge in [0.25, 0.3) is 0 Å². The molecule has 0 radical (unpaired) electrons. The number of hydrogen-bond donors (Lipinski definition) is 5. The first-order valence-electron chi connectivity index (χ1n) is 14.0. The average molecular weight is 595 g/mol. The monoisotopic (exact) mass is 594 g/mol. The number of carbonyl (C=O) groups excluding carboxylic acids is 3. The molecule has 9 atom stereocenters. The van der Waals surface area contributed by atoms with Crippen molar-refractivity contribution >= 4 is 17.9 Å². The Labute approximate surface area is 239 Å². The number of hydrogen-bond acceptors (Lipinski definition) is 14. The Kier molecular flexibility index (Phi) is 13.4. The van der Waals surface area contributed by atoms with Crippen LogP contribution in [0.5, 0.6) is 0 Å². The molecular weight excluding hydrogens is 548 g/mol. The molecule has 2 saturated heterocycles. The highest BCUT2D eigenvalue weighted by atomic mass is 16.8. The summed E-state index contributed by atoms with van der Waals surface area (Å²) in [6.45, 7) is 8.11. The van der Waals surface area contributed by atoms with E-state index in [2.05, 4.69) is 0 Å². The van der Waals surface area contributed by atoms with E-state index >= 15 is 0 Å². The van der Waals surface area contributed by atoms with Crippen LogP contribution in [0.3, 0.4) is 0 Å². The number of carbonyl (C=O) groups is 3. The van der Waals surface area contributed by atoms with Crippen LogP contribution in [-0.4, -0.2) is 118 Å². The van der Waals surface area contributed by atoms with Crippen molar-refractivity contribution in [1.82, 2.24) is 0 Å². The lowest BCUT2D eigenvalue weighted by Crippen LogP contribution is -2.64. The number of aliphatic hydroxyl groups excluding tert-OH is 5. The van der Waals surface area contributed by atoms with E-state index in [4.69, 9.17) is 28.4 Å². The minimum atomic E-state index is -2.35. The van der Waals surface area contributed by atoms with E-state index in [-0.39, 0.29) is 37.0 Å². The molecule has 14 nitrogen and oxygen atoms in total. The highest BCUT2D eigenvalue weighted by Gasteiger charge is 2.63. The van der Waals surface area contributed by atoms with Crippen LogP contribution < -0.4 is 0 Å². The Balaban J connectivity index is 2.50. The Morgan fingerprint density at radius 3 is 1.61 bits per heavy atom. The van der Waals surface area contributed by atoms with Gasteiger partial charge in [-0.05, 0) is 17.8 Å². The minimum absolute atomic E-state index is 0.00380. The van der Waals surface area contributed by atoms with Gasteiger partial charge in [0.15, 0.2) is 18.3 Å². The van der Waals surface area contributed by atoms with Crippen molar-refractivity contribution in [1.29, 1.82) is 0 Å². The Morgan fingerprint density at radius 1 is 0.707 bits per heavy atom. The molecule has 2 fully saturated rings. The van der Waals surface area contributed by atoms with Crippen molar-refractivity contribution in [3.05, 3.63) is 0 Å². The van der Waals surface area contributed by atoms with Crippen LogP contribution in [0.4, 0.5) is 0 Å². The fourth-order valence-electron chi connectivity index (χ4n) is 4.59. The number of esters is 3. The van der Waals surface area contributed by atoms with Crippen LogP contribution >= 0.6 is 0 Å². The van der Waals surface area contributed by atoms with Crippen molar-refractivity contribution in [2.24, 2.45) is 17.8 Å². The number of rotatable bonds is 14. The average Bonchev–Trinajstić information content (AvgIpc) is 3.14. The number of aliphatic hydroxyl groups is 5. The Morgan fingerprint density at radius 2 is 1.17 bits per heavy atom. The van der Waals surface area contributed by atoms with Gasteiger partial charge in [0.2, 0.25) is 12.1 Å². The van der Waals surface area contributed by atoms with Crippen LogP contribution in [0.25, 0.3) is 0 Å². The minimum Gasteiger partial charge on any atom is -0.455 e. The maximum atomic E-state index is 12.8. The van der Waals surface area contributed by atoms with E-state index in [1.165, 1.54) is 0 Å². The fraction of sp³-hybridized carbons (Fsp3) is 0.889. The molecule has 5 N–H and O–H groups in total. The van der Waals surface area contributed by atoms with E-state index in [0.717, 1.165) is 0 Å². The van der Waals surface area contributed by atoms with Crippen LogP contribution in [0.1, 0.15) is 60.8 Å². The predicted molar refractivity (Wildman–Crippen MR) is 139 cm³/mol. The second-order valence-corrected chi connectivity index (χ2v) is 11.7. The summed E-state index contributed by atoms with van der Waals surface area (Å²) in [5, 5.41) is 51.6. The summed E-state index contributed by atoms with van der Waals surface area (Å²) in [6.07, 6.45) is -12.8. The van der Waals surface area contributed by atoms with Crippen LogP contribution in [0, 0.1) is 17.8 Å². The lowest BCUT2D eigenvalue weighted by molar-refractivity contribution is -0.384. The fourth-order valence-corrected chi connectivity index (χ4v) is 4.59. The van der Waals surface area contributed by atoms with Gasteiger partial charge in [0.05, 0.1) is 13.2 Å². The largest absolute Gasteiger partial charge is 0.455 e. The summed E-state index contributed by atoms with van der Waals surface area (Å²) in [6, 6.07) is 0. The first-order chi connectivity index (χ1) is 19.2. The van der Waals surface area contributed by atoms with Gasteiger partial charge in [-0.2, -0.15) is 0 Å². The second-order valence-electron chi connectivity index (χ2n) is 11.7. The first-order valence-corrected chi connectivity index (χ1v) is 14.0. The Hall–Kier alpha value is -1.91. The molecule has 0 amide bonds. The predicted octanol–water partition coefficient (Wildman–Crippen LogP) is -0.605. The molecule has 0 aromatic heterocycles. The molecule has 2 rings (SSSR count). The third-order valence-electron chi connectivity index (χ3n) is 6.51. The third-order valence-corrected chi connectivity index (χ3v) is 6.51. The van der Waals surface area contributed by atoms with Gasteiger partial charge in [0, 0.05) is 19.3 Å². The van der Waals surface area contributed by atoms with E-state index in [1.54, 1.807) is 41.5 Å². The molecule has 0 unspecified atom stereocenters. The third kappa shape index (κ3) is 9.29. The van der Waals surface area contributed by atoms with Crippen molar-refractivity contribution in [3.8, 4) is 0 Å². The van der Waals surface area contributed by atoms with Gasteiger partial charge in [-0.25, -0.2) is 0 Å². The second kappa shape index (κ2) is 15.5. The number of ether oxygens (including phenoxy) is 6. The molecule has 41 heavy (non-hydrogen) atoms. The van der Waals surface area contributed by atoms with E-state index in [1.807, 2.05) is 0 Å². The van der Waals surface area contributed by atoms with Gasteiger partial charge in [-0.1, -0.05) is 41.5 Å². The normalized spacial score (nSPS) is 33.8. The molecule has 2 aliphatic rings. The van der Waals surface area contributed by atoms with E-state index in [9.17, 15) is 39.9 Å². The summed E-state index contributed by atoms with van der Waals surface area (Å²) in [5.74, 6) is -4.85. The zero-order chi connectivity index (χ0) is 31.1. The zero-order valence-electron chi connectivity index (χ0n) is 24.5. The maximum Gasteiger partial charge on any atom is 0.306 e. The molecule has 0 aromatic rings. The smallest absolute Gasteiger partial charge is 0.306 e. The lowest BCUT2D eigenvalue weighted by Gasteiger charge is -2.44. The van der Waals surface area contributed by atoms with Crippen LogP contribution in [0.15, 0.2) is 0 Å². The van der Waals surface area contributed by atoms with Crippen LogP contribution in [0.2, 0.25) is 0 Å². The van der Waals surface area contributed by atoms with Gasteiger partial charge in [-0.15, -0.1) is 0 Å². The molecule has 0 aliphatic carbocycles. The SMILES string of the molecule is CC(C)CC(=O)O[C@@H]1[C@@H](CO)O[C@@](CO)(O[C@H]2O[C@H](CO)[C@@H](O)[C@H](O)[C@H]2OC(=O)CC(C)C)[C@H]1OC(=O)CC(C)C. The van der Waals surface area contributed by atoms with Crippen molar-refractivity contribution < 1.29 is 68.3 Å². The molecule has 238 valence electrons. The van der Waals surface area contributed by atoms with Gasteiger partial charge in [0.1, 0.15) is 31.0 Å². The summed E-state index contributed by atoms with van der Waals surface area (Å²) < 4.78 is 34.0.